The number of carbonyl (C=O) groups excluding carboxylic acids is 2. The monoisotopic (exact) mass is 443 g/mol. The zero-order valence-electron chi connectivity index (χ0n) is 15.8. The summed E-state index contributed by atoms with van der Waals surface area (Å²) in [5, 5.41) is 7.16. The van der Waals surface area contributed by atoms with Gasteiger partial charge in [-0.05, 0) is 42.8 Å². The molecular weight excluding hydrogens is 428 g/mol. The molecule has 11 heteroatoms. The van der Waals surface area contributed by atoms with Crippen molar-refractivity contribution in [2.24, 2.45) is 0 Å². The summed E-state index contributed by atoms with van der Waals surface area (Å²) in [5.41, 5.74) is -1.77. The Hall–Kier alpha value is -3.50. The molecule has 1 atom stereocenters. The van der Waals surface area contributed by atoms with Gasteiger partial charge in [0.1, 0.15) is 0 Å². The summed E-state index contributed by atoms with van der Waals surface area (Å²) in [7, 11) is 0. The van der Waals surface area contributed by atoms with Crippen LogP contribution in [0.25, 0.3) is 0 Å². The zero-order valence-corrected chi connectivity index (χ0v) is 15.8. The smallest absolute Gasteiger partial charge is 0.327 e. The second kappa shape index (κ2) is 7.97. The molecule has 0 unspecified atom stereocenters. The van der Waals surface area contributed by atoms with E-state index in [9.17, 15) is 35.9 Å². The molecule has 2 aromatic carbocycles. The van der Waals surface area contributed by atoms with Crippen LogP contribution in [0.1, 0.15) is 29.7 Å². The highest BCUT2D eigenvalue weighted by Crippen LogP contribution is 2.34. The summed E-state index contributed by atoms with van der Waals surface area (Å²) in [6.45, 7) is 1.40. The van der Waals surface area contributed by atoms with Crippen LogP contribution in [0.4, 0.5) is 36.8 Å². The van der Waals surface area contributed by atoms with Crippen molar-refractivity contribution in [3.8, 4) is 0 Å². The molecule has 5 nitrogen and oxygen atoms in total. The number of halogens is 6. The molecular formula is C20H15F6N3O2. The number of nitrogens with one attached hydrogen (secondary N) is 3. The van der Waals surface area contributed by atoms with Crippen molar-refractivity contribution >= 4 is 17.6 Å². The van der Waals surface area contributed by atoms with Gasteiger partial charge in [0.2, 0.25) is 0 Å². The van der Waals surface area contributed by atoms with Crippen molar-refractivity contribution in [3.05, 3.63) is 76.5 Å². The lowest BCUT2D eigenvalue weighted by Crippen LogP contribution is -2.46. The molecule has 2 aromatic rings. The van der Waals surface area contributed by atoms with Gasteiger partial charge in [0.05, 0.1) is 22.7 Å². The largest absolute Gasteiger partial charge is 0.416 e. The Balaban J connectivity index is 1.92. The molecule has 0 bridgehead atoms. The highest BCUT2D eigenvalue weighted by atomic mass is 19.4. The van der Waals surface area contributed by atoms with E-state index < -0.39 is 41.5 Å². The Labute approximate surface area is 172 Å². The number of alkyl halides is 6. The van der Waals surface area contributed by atoms with Gasteiger partial charge in [0, 0.05) is 11.4 Å². The predicted octanol–water partition coefficient (Wildman–Crippen LogP) is 4.99. The van der Waals surface area contributed by atoms with Gasteiger partial charge in [0.15, 0.2) is 0 Å². The minimum Gasteiger partial charge on any atom is -0.327 e. The van der Waals surface area contributed by atoms with E-state index in [1.165, 1.54) is 13.0 Å². The summed E-state index contributed by atoms with van der Waals surface area (Å²) in [4.78, 5) is 24.7. The molecule has 164 valence electrons. The van der Waals surface area contributed by atoms with Crippen LogP contribution in [0.2, 0.25) is 0 Å². The molecule has 3 rings (SSSR count). The predicted molar refractivity (Wildman–Crippen MR) is 98.6 cm³/mol. The molecule has 1 heterocycles. The van der Waals surface area contributed by atoms with E-state index in [2.05, 4.69) is 16.0 Å². The lowest BCUT2D eigenvalue weighted by Gasteiger charge is -2.29. The molecule has 0 saturated heterocycles. The quantitative estimate of drug-likeness (QED) is 0.585. The maximum absolute atomic E-state index is 12.9. The first kappa shape index (κ1) is 22.2. The van der Waals surface area contributed by atoms with E-state index in [-0.39, 0.29) is 22.5 Å². The topological polar surface area (TPSA) is 70.2 Å². The molecule has 0 aromatic heterocycles. The third-order valence-electron chi connectivity index (χ3n) is 4.53. The Morgan fingerprint density at radius 3 is 2.13 bits per heavy atom. The van der Waals surface area contributed by atoms with E-state index in [1.807, 2.05) is 0 Å². The van der Waals surface area contributed by atoms with Crippen molar-refractivity contribution in [2.75, 3.05) is 5.32 Å². The molecule has 0 aliphatic carbocycles. The number of carbonyl (C=O) groups is 2. The van der Waals surface area contributed by atoms with Crippen LogP contribution in [-0.4, -0.2) is 11.9 Å². The lowest BCUT2D eigenvalue weighted by molar-refractivity contribution is -0.138. The van der Waals surface area contributed by atoms with Gasteiger partial charge in [-0.2, -0.15) is 26.3 Å². The Morgan fingerprint density at radius 2 is 1.55 bits per heavy atom. The average molecular weight is 443 g/mol. The zero-order chi connectivity index (χ0) is 23.0. The minimum absolute atomic E-state index is 0.0585. The average Bonchev–Trinajstić information content (AvgIpc) is 2.66. The highest BCUT2D eigenvalue weighted by Gasteiger charge is 2.34. The molecule has 0 saturated carbocycles. The number of urea groups is 1. The number of rotatable bonds is 3. The Bertz CT molecular complexity index is 1040. The second-order valence-corrected chi connectivity index (χ2v) is 6.72. The first-order valence-electron chi connectivity index (χ1n) is 8.80. The van der Waals surface area contributed by atoms with E-state index >= 15 is 0 Å². The van der Waals surface area contributed by atoms with E-state index in [1.54, 1.807) is 0 Å². The van der Waals surface area contributed by atoms with Gasteiger partial charge in [-0.3, -0.25) is 4.79 Å². The van der Waals surface area contributed by atoms with E-state index in [0.29, 0.717) is 0 Å². The third-order valence-corrected chi connectivity index (χ3v) is 4.53. The molecule has 0 fully saturated rings. The van der Waals surface area contributed by atoms with Crippen LogP contribution in [0.15, 0.2) is 59.8 Å². The van der Waals surface area contributed by atoms with Crippen LogP contribution in [0.3, 0.4) is 0 Å². The van der Waals surface area contributed by atoms with Gasteiger partial charge in [-0.15, -0.1) is 0 Å². The minimum atomic E-state index is -4.61. The molecule has 0 spiro atoms. The maximum atomic E-state index is 12.9. The highest BCUT2D eigenvalue weighted by molar-refractivity contribution is 6.06. The Morgan fingerprint density at radius 1 is 0.935 bits per heavy atom. The van der Waals surface area contributed by atoms with Crippen LogP contribution in [0.5, 0.6) is 0 Å². The summed E-state index contributed by atoms with van der Waals surface area (Å²) in [5.74, 6) is -0.825. The number of allylic oxidation sites excluding steroid dienone is 1. The van der Waals surface area contributed by atoms with Crippen LogP contribution in [0, 0.1) is 0 Å². The van der Waals surface area contributed by atoms with Crippen LogP contribution >= 0.6 is 0 Å². The van der Waals surface area contributed by atoms with Gasteiger partial charge in [-0.1, -0.05) is 18.2 Å². The second-order valence-electron chi connectivity index (χ2n) is 6.72. The van der Waals surface area contributed by atoms with E-state index in [0.717, 1.165) is 42.5 Å². The summed E-state index contributed by atoms with van der Waals surface area (Å²) in [6, 6.07) is 6.01. The first-order chi connectivity index (χ1) is 14.4. The number of benzene rings is 2. The van der Waals surface area contributed by atoms with Gasteiger partial charge in [0.25, 0.3) is 5.91 Å². The molecule has 31 heavy (non-hydrogen) atoms. The molecule has 3 amide bonds. The summed E-state index contributed by atoms with van der Waals surface area (Å²) >= 11 is 0. The first-order valence-corrected chi connectivity index (χ1v) is 8.80. The number of anilines is 1. The standard InChI is InChI=1S/C20H15F6N3O2/c1-10-15(17(30)28-14-4-2-3-13(9-14)20(24,25)26)16(29-18(31)27-10)11-5-7-12(8-6-11)19(21,22)23/h2-9,16H,1H3,(H,28,30)(H2,27,29,31)/t16-/m1/s1. The van der Waals surface area contributed by atoms with Crippen molar-refractivity contribution in [3.63, 3.8) is 0 Å². The maximum Gasteiger partial charge on any atom is 0.416 e. The molecule has 3 N–H and O–H groups in total. The molecule has 1 aliphatic rings. The van der Waals surface area contributed by atoms with Gasteiger partial charge < -0.3 is 16.0 Å². The molecule has 0 radical (unpaired) electrons. The Kier molecular flexibility index (Phi) is 5.70. The molecule has 1 aliphatic heterocycles. The van der Waals surface area contributed by atoms with Gasteiger partial charge in [-0.25, -0.2) is 4.79 Å². The van der Waals surface area contributed by atoms with Crippen LogP contribution < -0.4 is 16.0 Å². The van der Waals surface area contributed by atoms with Crippen molar-refractivity contribution in [1.29, 1.82) is 0 Å². The normalized spacial score (nSPS) is 17.1. The third kappa shape index (κ3) is 4.98. The van der Waals surface area contributed by atoms with Crippen molar-refractivity contribution in [2.45, 2.75) is 25.3 Å². The number of hydrogen-bond acceptors (Lipinski definition) is 2. The fraction of sp³-hybridized carbons (Fsp3) is 0.200. The van der Waals surface area contributed by atoms with Gasteiger partial charge >= 0.3 is 18.4 Å². The lowest BCUT2D eigenvalue weighted by atomic mass is 9.94. The fourth-order valence-electron chi connectivity index (χ4n) is 3.08. The van der Waals surface area contributed by atoms with Crippen molar-refractivity contribution < 1.29 is 35.9 Å². The fourth-order valence-corrected chi connectivity index (χ4v) is 3.08. The van der Waals surface area contributed by atoms with Crippen LogP contribution in [-0.2, 0) is 17.1 Å². The number of amides is 3. The number of hydrogen-bond donors (Lipinski definition) is 3. The van der Waals surface area contributed by atoms with E-state index in [4.69, 9.17) is 0 Å². The van der Waals surface area contributed by atoms with Crippen molar-refractivity contribution in [1.82, 2.24) is 10.6 Å². The summed E-state index contributed by atoms with van der Waals surface area (Å²) < 4.78 is 77.2. The SMILES string of the molecule is CC1=C(C(=O)Nc2cccc(C(F)(F)F)c2)[C@@H](c2ccc(C(F)(F)F)cc2)NC(=O)N1. The summed E-state index contributed by atoms with van der Waals surface area (Å²) in [6.07, 6.45) is -9.18.